The minimum Gasteiger partial charge on any atom is -0.494 e. The average molecular weight is 415 g/mol. The summed E-state index contributed by atoms with van der Waals surface area (Å²) in [6, 6.07) is 15.1. The number of benzene rings is 2. The molecule has 5 rings (SSSR count). The summed E-state index contributed by atoms with van der Waals surface area (Å²) < 4.78 is 7.79. The highest BCUT2D eigenvalue weighted by Crippen LogP contribution is 2.67. The summed E-state index contributed by atoms with van der Waals surface area (Å²) in [5.74, 6) is -0.255. The van der Waals surface area contributed by atoms with Crippen LogP contribution in [0.1, 0.15) is 48.8 Å². The van der Waals surface area contributed by atoms with Crippen molar-refractivity contribution in [2.24, 2.45) is 0 Å². The van der Waals surface area contributed by atoms with Crippen molar-refractivity contribution >= 4 is 10.8 Å². The van der Waals surface area contributed by atoms with Crippen molar-refractivity contribution in [3.63, 3.8) is 0 Å². The van der Waals surface area contributed by atoms with Gasteiger partial charge in [-0.05, 0) is 31.4 Å². The van der Waals surface area contributed by atoms with Gasteiger partial charge in [0.2, 0.25) is 11.8 Å². The van der Waals surface area contributed by atoms with Gasteiger partial charge in [0.05, 0.1) is 34.5 Å². The van der Waals surface area contributed by atoms with E-state index in [-0.39, 0.29) is 24.8 Å². The lowest BCUT2D eigenvalue weighted by atomic mass is 9.75. The topological polar surface area (TPSA) is 122 Å². The second kappa shape index (κ2) is 6.75. The van der Waals surface area contributed by atoms with Gasteiger partial charge in [0.1, 0.15) is 11.2 Å². The van der Waals surface area contributed by atoms with Gasteiger partial charge in [-0.3, -0.25) is 4.57 Å². The van der Waals surface area contributed by atoms with Gasteiger partial charge in [0.25, 0.3) is 0 Å². The molecule has 7 heteroatoms. The molecule has 3 heterocycles. The van der Waals surface area contributed by atoms with E-state index < -0.39 is 11.2 Å². The quantitative estimate of drug-likeness (QED) is 0.582. The first-order valence-corrected chi connectivity index (χ1v) is 10.3. The largest absolute Gasteiger partial charge is 0.494 e. The van der Waals surface area contributed by atoms with E-state index in [0.29, 0.717) is 48.1 Å². The third-order valence-electron chi connectivity index (χ3n) is 6.77. The normalized spacial score (nSPS) is 23.6. The Balaban J connectivity index is 1.80. The van der Waals surface area contributed by atoms with Gasteiger partial charge >= 0.3 is 0 Å². The molecule has 2 bridgehead atoms. The summed E-state index contributed by atoms with van der Waals surface area (Å²) >= 11 is 0. The third kappa shape index (κ3) is 2.45. The predicted octanol–water partition coefficient (Wildman–Crippen LogP) is 3.81. The maximum absolute atomic E-state index is 11.4. The Bertz CT molecular complexity index is 1300. The number of ether oxygens (including phenoxy) is 1. The van der Waals surface area contributed by atoms with Gasteiger partial charge in [0.15, 0.2) is 0 Å². The van der Waals surface area contributed by atoms with Crippen molar-refractivity contribution in [2.45, 2.75) is 43.3 Å². The van der Waals surface area contributed by atoms with Gasteiger partial charge in [-0.1, -0.05) is 24.3 Å². The Labute approximate surface area is 179 Å². The van der Waals surface area contributed by atoms with Gasteiger partial charge in [0, 0.05) is 30.2 Å². The lowest BCUT2D eigenvalue weighted by Crippen LogP contribution is -2.24. The van der Waals surface area contributed by atoms with Crippen molar-refractivity contribution in [1.29, 1.82) is 10.5 Å². The molecule has 2 aliphatic rings. The van der Waals surface area contributed by atoms with Crippen molar-refractivity contribution < 1.29 is 20.1 Å². The molecule has 1 aromatic heterocycles. The lowest BCUT2D eigenvalue weighted by molar-refractivity contribution is -0.101. The number of aromatic hydroxyl groups is 2. The number of aliphatic hydroxyl groups is 1. The predicted molar refractivity (Wildman–Crippen MR) is 112 cm³/mol. The van der Waals surface area contributed by atoms with Crippen molar-refractivity contribution in [2.75, 3.05) is 6.61 Å². The summed E-state index contributed by atoms with van der Waals surface area (Å²) in [6.45, 7) is -0.126. The molecule has 1 fully saturated rings. The standard InChI is InChI=1S/C24H21N3O4/c25-12-3-8-23-9-10-24(31-23,11-13-28)20-19(23)21(29)27(22(20)30)18-7-6-15(14-26)16-4-1-2-5-17(16)18/h1-2,4-7,28-30H,3,8-11,13H2. The van der Waals surface area contributed by atoms with E-state index in [4.69, 9.17) is 10.00 Å². The monoisotopic (exact) mass is 415 g/mol. The van der Waals surface area contributed by atoms with E-state index in [0.717, 1.165) is 10.8 Å². The molecule has 31 heavy (non-hydrogen) atoms. The van der Waals surface area contributed by atoms with Crippen LogP contribution in [0, 0.1) is 22.7 Å². The Morgan fingerprint density at radius 1 is 0.935 bits per heavy atom. The van der Waals surface area contributed by atoms with E-state index in [9.17, 15) is 20.6 Å². The molecule has 7 nitrogen and oxygen atoms in total. The summed E-state index contributed by atoms with van der Waals surface area (Å²) in [4.78, 5) is 0. The summed E-state index contributed by atoms with van der Waals surface area (Å²) in [7, 11) is 0. The highest BCUT2D eigenvalue weighted by atomic mass is 16.5. The Morgan fingerprint density at radius 2 is 1.58 bits per heavy atom. The molecule has 2 aromatic carbocycles. The molecular formula is C24H21N3O4. The number of rotatable bonds is 5. The van der Waals surface area contributed by atoms with Gasteiger partial charge < -0.3 is 20.1 Å². The van der Waals surface area contributed by atoms with E-state index in [1.54, 1.807) is 12.1 Å². The molecule has 0 spiro atoms. The summed E-state index contributed by atoms with van der Waals surface area (Å²) in [6.07, 6.45) is 2.14. The maximum Gasteiger partial charge on any atom is 0.205 e. The van der Waals surface area contributed by atoms with Crippen molar-refractivity contribution in [3.8, 4) is 29.6 Å². The average Bonchev–Trinajstić information content (AvgIpc) is 3.38. The second-order valence-electron chi connectivity index (χ2n) is 8.24. The fraction of sp³-hybridized carbons (Fsp3) is 0.333. The molecule has 3 aromatic rings. The highest BCUT2D eigenvalue weighted by molar-refractivity contribution is 5.95. The van der Waals surface area contributed by atoms with Crippen LogP contribution in [0.5, 0.6) is 11.8 Å². The fourth-order valence-electron chi connectivity index (χ4n) is 5.49. The molecule has 2 unspecified atom stereocenters. The fourth-order valence-corrected chi connectivity index (χ4v) is 5.49. The number of hydrogen-bond acceptors (Lipinski definition) is 6. The summed E-state index contributed by atoms with van der Waals surface area (Å²) in [5.41, 5.74) is 0.297. The van der Waals surface area contributed by atoms with Gasteiger partial charge in [-0.15, -0.1) is 0 Å². The first-order chi connectivity index (χ1) is 15.0. The van der Waals surface area contributed by atoms with Crippen molar-refractivity contribution in [3.05, 3.63) is 53.1 Å². The lowest BCUT2D eigenvalue weighted by Gasteiger charge is -2.26. The second-order valence-corrected chi connectivity index (χ2v) is 8.24. The zero-order valence-corrected chi connectivity index (χ0v) is 16.8. The minimum atomic E-state index is -0.894. The van der Waals surface area contributed by atoms with Crippen LogP contribution in [0.4, 0.5) is 0 Å². The van der Waals surface area contributed by atoms with Crippen LogP contribution >= 0.6 is 0 Å². The summed E-state index contributed by atoms with van der Waals surface area (Å²) in [5, 5.41) is 52.4. The number of fused-ring (bicyclic) bond motifs is 6. The van der Waals surface area contributed by atoms with Gasteiger partial charge in [-0.25, -0.2) is 0 Å². The Hall–Kier alpha value is -3.52. The first kappa shape index (κ1) is 19.4. The molecular weight excluding hydrogens is 394 g/mol. The smallest absolute Gasteiger partial charge is 0.205 e. The maximum atomic E-state index is 11.4. The van der Waals surface area contributed by atoms with Gasteiger partial charge in [-0.2, -0.15) is 10.5 Å². The third-order valence-corrected chi connectivity index (χ3v) is 6.77. The van der Waals surface area contributed by atoms with Crippen LogP contribution < -0.4 is 0 Å². The van der Waals surface area contributed by atoms with E-state index in [1.807, 2.05) is 24.3 Å². The zero-order valence-electron chi connectivity index (χ0n) is 16.8. The van der Waals surface area contributed by atoms with E-state index >= 15 is 0 Å². The van der Waals surface area contributed by atoms with Crippen LogP contribution in [-0.4, -0.2) is 26.5 Å². The Kier molecular flexibility index (Phi) is 4.23. The minimum absolute atomic E-state index is 0.125. The number of hydrogen-bond donors (Lipinski definition) is 3. The SMILES string of the molecule is N#CCCC12CCC(CCO)(O1)c1c2c(O)n(-c2ccc(C#N)c3ccccc23)c1O. The van der Waals surface area contributed by atoms with Crippen LogP contribution in [0.3, 0.4) is 0 Å². The van der Waals surface area contributed by atoms with Crippen LogP contribution in [0.25, 0.3) is 16.5 Å². The van der Waals surface area contributed by atoms with Crippen LogP contribution in [0.15, 0.2) is 36.4 Å². The van der Waals surface area contributed by atoms with E-state index in [2.05, 4.69) is 12.1 Å². The van der Waals surface area contributed by atoms with E-state index in [1.165, 1.54) is 4.57 Å². The highest BCUT2D eigenvalue weighted by Gasteiger charge is 2.63. The molecule has 0 amide bonds. The molecule has 2 aliphatic heterocycles. The van der Waals surface area contributed by atoms with Crippen LogP contribution in [-0.2, 0) is 15.9 Å². The first-order valence-electron chi connectivity index (χ1n) is 10.3. The molecule has 1 saturated heterocycles. The number of aliphatic hydroxyl groups excluding tert-OH is 1. The molecule has 0 radical (unpaired) electrons. The number of aromatic nitrogens is 1. The Morgan fingerprint density at radius 3 is 2.19 bits per heavy atom. The molecule has 0 aliphatic carbocycles. The molecule has 3 N–H and O–H groups in total. The van der Waals surface area contributed by atoms with Crippen molar-refractivity contribution in [1.82, 2.24) is 4.57 Å². The molecule has 0 saturated carbocycles. The van der Waals surface area contributed by atoms with Crippen LogP contribution in [0.2, 0.25) is 0 Å². The number of nitriles is 2. The zero-order chi connectivity index (χ0) is 21.8. The number of nitrogens with zero attached hydrogens (tertiary/aromatic N) is 3. The molecule has 2 atom stereocenters. The molecule has 156 valence electrons.